The molecule has 0 radical (unpaired) electrons. The number of carboxylic acid groups (broad SMARTS) is 1. The van der Waals surface area contributed by atoms with Crippen LogP contribution in [0, 0.1) is 0 Å². The second-order valence-corrected chi connectivity index (χ2v) is 3.61. The number of carboxylic acids is 1. The molecule has 5 nitrogen and oxygen atoms in total. The summed E-state index contributed by atoms with van der Waals surface area (Å²) in [6.07, 6.45) is -0.0708. The molecule has 0 aliphatic heterocycles. The summed E-state index contributed by atoms with van der Waals surface area (Å²) in [5.74, 6) is -1.59. The van der Waals surface area contributed by atoms with Gasteiger partial charge in [0, 0.05) is 0 Å². The third-order valence-corrected chi connectivity index (χ3v) is 2.57. The molecule has 0 saturated carbocycles. The number of carbonyl (C=O) groups excluding carboxylic acids is 1. The summed E-state index contributed by atoms with van der Waals surface area (Å²) in [7, 11) is -4.40. The van der Waals surface area contributed by atoms with Crippen LogP contribution in [0.4, 0.5) is 0 Å². The molecule has 0 amide bonds. The molecular formula is C6H9NaO5S. The van der Waals surface area contributed by atoms with Crippen LogP contribution in [-0.4, -0.2) is 18.9 Å². The molecule has 0 bridgehead atoms. The monoisotopic (exact) mass is 216 g/mol. The maximum atomic E-state index is 10.5. The zero-order chi connectivity index (χ0) is 9.94. The standard InChI is InChI=1S/C6H10O5S.Na/c1-3-5(12(9,10)11)4(2)6(7)8;/h3H2,1-2H3,(H,7,8)(H,9,10,11);/q;+1/p-1. The van der Waals surface area contributed by atoms with Crippen molar-refractivity contribution in [3.8, 4) is 0 Å². The minimum atomic E-state index is -4.40. The topological polar surface area (TPSA) is 94.5 Å². The zero-order valence-electron chi connectivity index (χ0n) is 7.70. The van der Waals surface area contributed by atoms with Crippen LogP contribution in [0.5, 0.6) is 0 Å². The predicted octanol–water partition coefficient (Wildman–Crippen LogP) is -3.69. The Morgan fingerprint density at radius 2 is 1.85 bits per heavy atom. The third kappa shape index (κ3) is 4.78. The molecule has 7 heteroatoms. The summed E-state index contributed by atoms with van der Waals surface area (Å²) in [5, 5.41) is 10.2. The summed E-state index contributed by atoms with van der Waals surface area (Å²) >= 11 is 0. The van der Waals surface area contributed by atoms with E-state index in [-0.39, 0.29) is 36.0 Å². The van der Waals surface area contributed by atoms with Crippen LogP contribution in [0.2, 0.25) is 0 Å². The molecule has 1 N–H and O–H groups in total. The molecule has 70 valence electrons. The summed E-state index contributed by atoms with van der Waals surface area (Å²) < 4.78 is 29.5. The molecule has 0 unspecified atom stereocenters. The Labute approximate surface area is 98.9 Å². The molecule has 0 atom stereocenters. The van der Waals surface area contributed by atoms with Gasteiger partial charge in [-0.2, -0.15) is 8.42 Å². The van der Waals surface area contributed by atoms with E-state index in [1.54, 1.807) is 0 Å². The molecule has 0 rings (SSSR count). The Balaban J connectivity index is 0. The molecular weight excluding hydrogens is 207 g/mol. The van der Waals surface area contributed by atoms with Gasteiger partial charge in [-0.1, -0.05) is 6.92 Å². The molecule has 13 heavy (non-hydrogen) atoms. The Bertz CT molecular complexity index is 316. The Morgan fingerprint density at radius 1 is 1.46 bits per heavy atom. The van der Waals surface area contributed by atoms with E-state index in [1.165, 1.54) is 6.92 Å². The quantitative estimate of drug-likeness (QED) is 0.298. The average molecular weight is 216 g/mol. The van der Waals surface area contributed by atoms with Crippen molar-refractivity contribution >= 4 is 16.1 Å². The van der Waals surface area contributed by atoms with E-state index in [4.69, 9.17) is 4.55 Å². The molecule has 0 aliphatic rings. The van der Waals surface area contributed by atoms with Crippen molar-refractivity contribution in [1.82, 2.24) is 0 Å². The van der Waals surface area contributed by atoms with Crippen molar-refractivity contribution < 1.29 is 52.4 Å². The van der Waals surface area contributed by atoms with Gasteiger partial charge >= 0.3 is 29.6 Å². The van der Waals surface area contributed by atoms with Crippen LogP contribution in [0.1, 0.15) is 20.3 Å². The van der Waals surface area contributed by atoms with Crippen molar-refractivity contribution in [3.05, 3.63) is 10.5 Å². The van der Waals surface area contributed by atoms with E-state index in [2.05, 4.69) is 0 Å². The first kappa shape index (κ1) is 15.6. The van der Waals surface area contributed by atoms with Crippen LogP contribution < -0.4 is 34.7 Å². The SMILES string of the molecule is CCC(=C(C)C(=O)[O-])S(=O)(=O)O.[Na+]. The van der Waals surface area contributed by atoms with Crippen LogP contribution in [0.15, 0.2) is 10.5 Å². The first-order chi connectivity index (χ1) is 5.30. The largest absolute Gasteiger partial charge is 1.00 e. The molecule has 0 aromatic rings. The molecule has 0 aromatic carbocycles. The normalized spacial score (nSPS) is 12.8. The molecule has 0 aromatic heterocycles. The molecule has 0 heterocycles. The molecule has 0 spiro atoms. The van der Waals surface area contributed by atoms with Crippen molar-refractivity contribution in [2.24, 2.45) is 0 Å². The Morgan fingerprint density at radius 3 is 1.92 bits per heavy atom. The maximum absolute atomic E-state index is 10.5. The van der Waals surface area contributed by atoms with Crippen LogP contribution in [0.25, 0.3) is 0 Å². The number of hydrogen-bond acceptors (Lipinski definition) is 4. The maximum Gasteiger partial charge on any atom is 1.00 e. The molecule has 0 saturated heterocycles. The average Bonchev–Trinajstić information content (AvgIpc) is 1.85. The second-order valence-electron chi connectivity index (χ2n) is 2.16. The Hall–Kier alpha value is 0.120. The smallest absolute Gasteiger partial charge is 0.545 e. The zero-order valence-corrected chi connectivity index (χ0v) is 10.5. The molecule has 0 fully saturated rings. The van der Waals surface area contributed by atoms with Crippen molar-refractivity contribution in [3.63, 3.8) is 0 Å². The van der Waals surface area contributed by atoms with Gasteiger partial charge in [-0.05, 0) is 18.9 Å². The number of hydrogen-bond donors (Lipinski definition) is 1. The van der Waals surface area contributed by atoms with Crippen LogP contribution >= 0.6 is 0 Å². The summed E-state index contributed by atoms with van der Waals surface area (Å²) in [6, 6.07) is 0. The van der Waals surface area contributed by atoms with Gasteiger partial charge in [-0.3, -0.25) is 4.55 Å². The van der Waals surface area contributed by atoms with Gasteiger partial charge in [-0.15, -0.1) is 0 Å². The summed E-state index contributed by atoms with van der Waals surface area (Å²) in [5.41, 5.74) is -0.458. The number of allylic oxidation sites excluding steroid dienone is 1. The molecule has 0 aliphatic carbocycles. The van der Waals surface area contributed by atoms with E-state index in [9.17, 15) is 18.3 Å². The fraction of sp³-hybridized carbons (Fsp3) is 0.500. The minimum Gasteiger partial charge on any atom is -0.545 e. The fourth-order valence-corrected chi connectivity index (χ4v) is 1.59. The number of rotatable bonds is 3. The van der Waals surface area contributed by atoms with E-state index in [0.29, 0.717) is 0 Å². The van der Waals surface area contributed by atoms with Gasteiger partial charge in [0.25, 0.3) is 10.1 Å². The Kier molecular flexibility index (Phi) is 6.91. The fourth-order valence-electron chi connectivity index (χ4n) is 0.755. The number of aliphatic carboxylic acids is 1. The predicted molar refractivity (Wildman–Crippen MR) is 39.5 cm³/mol. The van der Waals surface area contributed by atoms with Gasteiger partial charge in [-0.25, -0.2) is 0 Å². The first-order valence-electron chi connectivity index (χ1n) is 3.19. The van der Waals surface area contributed by atoms with Crippen molar-refractivity contribution in [2.45, 2.75) is 20.3 Å². The van der Waals surface area contributed by atoms with Crippen LogP contribution in [-0.2, 0) is 14.9 Å². The van der Waals surface area contributed by atoms with Crippen LogP contribution in [0.3, 0.4) is 0 Å². The van der Waals surface area contributed by atoms with Gasteiger partial charge < -0.3 is 9.90 Å². The van der Waals surface area contributed by atoms with Crippen molar-refractivity contribution in [2.75, 3.05) is 0 Å². The summed E-state index contributed by atoms with van der Waals surface area (Å²) in [6.45, 7) is 2.50. The minimum absolute atomic E-state index is 0. The van der Waals surface area contributed by atoms with E-state index >= 15 is 0 Å². The first-order valence-corrected chi connectivity index (χ1v) is 4.63. The van der Waals surface area contributed by atoms with Crippen molar-refractivity contribution in [1.29, 1.82) is 0 Å². The summed E-state index contributed by atoms with van der Waals surface area (Å²) in [4.78, 5) is 9.69. The van der Waals surface area contributed by atoms with E-state index in [0.717, 1.165) is 6.92 Å². The van der Waals surface area contributed by atoms with Gasteiger partial charge in [0.2, 0.25) is 0 Å². The van der Waals surface area contributed by atoms with Gasteiger partial charge in [0.15, 0.2) is 0 Å². The van der Waals surface area contributed by atoms with E-state index < -0.39 is 26.6 Å². The van der Waals surface area contributed by atoms with E-state index in [1.807, 2.05) is 0 Å². The third-order valence-electron chi connectivity index (χ3n) is 1.36. The number of carbonyl (C=O) groups is 1. The van der Waals surface area contributed by atoms with Gasteiger partial charge in [0.1, 0.15) is 0 Å². The van der Waals surface area contributed by atoms with Gasteiger partial charge in [0.05, 0.1) is 10.9 Å². The second kappa shape index (κ2) is 5.77.